The van der Waals surface area contributed by atoms with Gasteiger partial charge in [-0.15, -0.1) is 0 Å². The lowest BCUT2D eigenvalue weighted by Gasteiger charge is -2.02. The zero-order valence-electron chi connectivity index (χ0n) is 11.4. The molecule has 2 aromatic rings. The average Bonchev–Trinajstić information content (AvgIpc) is 2.55. The molecule has 0 unspecified atom stereocenters. The summed E-state index contributed by atoms with van der Waals surface area (Å²) in [5, 5.41) is 3.91. The van der Waals surface area contributed by atoms with Crippen molar-refractivity contribution in [2.75, 3.05) is 6.61 Å². The van der Waals surface area contributed by atoms with Gasteiger partial charge in [-0.25, -0.2) is 5.43 Å². The molecule has 21 heavy (non-hydrogen) atoms. The normalized spacial score (nSPS) is 10.3. The van der Waals surface area contributed by atoms with E-state index < -0.39 is 0 Å². The number of ether oxygens (including phenoxy) is 1. The molecule has 1 N–H and O–H groups in total. The first-order chi connectivity index (χ1) is 10.3. The van der Waals surface area contributed by atoms with Gasteiger partial charge >= 0.3 is 0 Å². The third kappa shape index (κ3) is 4.58. The summed E-state index contributed by atoms with van der Waals surface area (Å²) >= 11 is 0. The van der Waals surface area contributed by atoms with Crippen molar-refractivity contribution in [3.8, 4) is 5.75 Å². The Labute approximate surface area is 123 Å². The molecule has 1 aromatic carbocycles. The number of hydrogen-bond acceptors (Lipinski definition) is 4. The van der Waals surface area contributed by atoms with E-state index >= 15 is 0 Å². The van der Waals surface area contributed by atoms with Gasteiger partial charge in [0.25, 0.3) is 5.91 Å². The smallest absolute Gasteiger partial charge is 0.271 e. The molecule has 0 saturated carbocycles. The van der Waals surface area contributed by atoms with E-state index in [1.165, 1.54) is 0 Å². The lowest BCUT2D eigenvalue weighted by Crippen LogP contribution is -2.17. The second-order valence-electron chi connectivity index (χ2n) is 4.10. The second kappa shape index (κ2) is 7.59. The molecule has 0 fully saturated rings. The highest BCUT2D eigenvalue weighted by Gasteiger charge is 2.01. The van der Waals surface area contributed by atoms with Crippen molar-refractivity contribution in [1.29, 1.82) is 0 Å². The summed E-state index contributed by atoms with van der Waals surface area (Å²) in [6.45, 7) is 4.05. The minimum absolute atomic E-state index is 0.278. The first-order valence-electron chi connectivity index (χ1n) is 6.37. The summed E-state index contributed by atoms with van der Waals surface area (Å²) in [5.74, 6) is 0.479. The number of carbonyl (C=O) groups is 1. The molecular formula is C16H15N3O2. The molecule has 1 amide bonds. The average molecular weight is 281 g/mol. The number of nitrogens with one attached hydrogen (secondary N) is 1. The van der Waals surface area contributed by atoms with Crippen LogP contribution in [-0.2, 0) is 0 Å². The van der Waals surface area contributed by atoms with Crippen molar-refractivity contribution in [1.82, 2.24) is 10.4 Å². The molecule has 0 aliphatic heterocycles. The van der Waals surface area contributed by atoms with Crippen LogP contribution in [0.4, 0.5) is 0 Å². The maximum atomic E-state index is 11.7. The summed E-state index contributed by atoms with van der Waals surface area (Å²) in [6, 6.07) is 10.6. The number of benzene rings is 1. The fraction of sp³-hybridized carbons (Fsp3) is 0.0625. The van der Waals surface area contributed by atoms with Crippen LogP contribution >= 0.6 is 0 Å². The van der Waals surface area contributed by atoms with Gasteiger partial charge in [0.2, 0.25) is 0 Å². The molecule has 0 atom stereocenters. The quantitative estimate of drug-likeness (QED) is 0.502. The van der Waals surface area contributed by atoms with E-state index in [1.807, 2.05) is 24.3 Å². The summed E-state index contributed by atoms with van der Waals surface area (Å²) in [5.41, 5.74) is 3.82. The molecule has 106 valence electrons. The van der Waals surface area contributed by atoms with Crippen LogP contribution in [0.2, 0.25) is 0 Å². The largest absolute Gasteiger partial charge is 0.490 e. The zero-order valence-corrected chi connectivity index (χ0v) is 11.4. The minimum atomic E-state index is -0.278. The van der Waals surface area contributed by atoms with Gasteiger partial charge in [0, 0.05) is 18.0 Å². The Balaban J connectivity index is 1.89. The van der Waals surface area contributed by atoms with Crippen molar-refractivity contribution < 1.29 is 9.53 Å². The third-order valence-corrected chi connectivity index (χ3v) is 2.57. The number of hydrazone groups is 1. The van der Waals surface area contributed by atoms with Crippen molar-refractivity contribution in [2.24, 2.45) is 5.10 Å². The van der Waals surface area contributed by atoms with Crippen LogP contribution in [0.1, 0.15) is 15.9 Å². The molecule has 1 aromatic heterocycles. The second-order valence-corrected chi connectivity index (χ2v) is 4.10. The molecular weight excluding hydrogens is 266 g/mol. The number of amides is 1. The Morgan fingerprint density at radius 1 is 1.24 bits per heavy atom. The van der Waals surface area contributed by atoms with Crippen molar-refractivity contribution in [3.05, 3.63) is 72.6 Å². The van der Waals surface area contributed by atoms with Gasteiger partial charge in [0.1, 0.15) is 12.4 Å². The molecule has 1 heterocycles. The molecule has 0 aliphatic rings. The highest BCUT2D eigenvalue weighted by molar-refractivity contribution is 5.94. The summed E-state index contributed by atoms with van der Waals surface area (Å²) in [7, 11) is 0. The fourth-order valence-corrected chi connectivity index (χ4v) is 1.54. The van der Waals surface area contributed by atoms with Gasteiger partial charge in [0.05, 0.1) is 6.21 Å². The minimum Gasteiger partial charge on any atom is -0.490 e. The first kappa shape index (κ1) is 14.5. The van der Waals surface area contributed by atoms with E-state index in [-0.39, 0.29) is 5.91 Å². The maximum absolute atomic E-state index is 11.7. The van der Waals surface area contributed by atoms with E-state index in [2.05, 4.69) is 22.1 Å². The van der Waals surface area contributed by atoms with E-state index in [0.29, 0.717) is 12.2 Å². The number of nitrogens with zero attached hydrogens (tertiary/aromatic N) is 2. The van der Waals surface area contributed by atoms with Crippen molar-refractivity contribution in [2.45, 2.75) is 0 Å². The van der Waals surface area contributed by atoms with Gasteiger partial charge < -0.3 is 4.74 Å². The lowest BCUT2D eigenvalue weighted by atomic mass is 10.2. The molecule has 0 bridgehead atoms. The van der Waals surface area contributed by atoms with Crippen LogP contribution < -0.4 is 10.2 Å². The predicted molar refractivity (Wildman–Crippen MR) is 81.4 cm³/mol. The van der Waals surface area contributed by atoms with E-state index in [4.69, 9.17) is 4.74 Å². The summed E-state index contributed by atoms with van der Waals surface area (Å²) in [6.07, 6.45) is 6.36. The van der Waals surface area contributed by atoms with E-state index in [9.17, 15) is 4.79 Å². The van der Waals surface area contributed by atoms with E-state index in [0.717, 1.165) is 11.3 Å². The Morgan fingerprint density at radius 2 is 1.95 bits per heavy atom. The van der Waals surface area contributed by atoms with Crippen molar-refractivity contribution in [3.63, 3.8) is 0 Å². The zero-order chi connectivity index (χ0) is 14.9. The maximum Gasteiger partial charge on any atom is 0.271 e. The van der Waals surface area contributed by atoms with Gasteiger partial charge in [-0.3, -0.25) is 9.78 Å². The number of pyridine rings is 1. The number of carbonyl (C=O) groups excluding carboxylic acids is 1. The lowest BCUT2D eigenvalue weighted by molar-refractivity contribution is 0.0955. The van der Waals surface area contributed by atoms with Crippen LogP contribution in [0.5, 0.6) is 5.75 Å². The van der Waals surface area contributed by atoms with Gasteiger partial charge in [-0.05, 0) is 42.0 Å². The Bertz CT molecular complexity index is 622. The van der Waals surface area contributed by atoms with Gasteiger partial charge in [0.15, 0.2) is 0 Å². The fourth-order valence-electron chi connectivity index (χ4n) is 1.54. The molecule has 0 saturated heterocycles. The number of hydrogen-bond donors (Lipinski definition) is 1. The number of rotatable bonds is 6. The first-order valence-corrected chi connectivity index (χ1v) is 6.37. The van der Waals surface area contributed by atoms with Crippen molar-refractivity contribution >= 4 is 12.1 Å². The molecule has 5 heteroatoms. The Kier molecular flexibility index (Phi) is 5.23. The highest BCUT2D eigenvalue weighted by atomic mass is 16.5. The molecule has 0 spiro atoms. The topological polar surface area (TPSA) is 63.6 Å². The van der Waals surface area contributed by atoms with Crippen LogP contribution in [0, 0.1) is 0 Å². The van der Waals surface area contributed by atoms with Gasteiger partial charge in [-0.2, -0.15) is 5.10 Å². The third-order valence-electron chi connectivity index (χ3n) is 2.57. The predicted octanol–water partition coefficient (Wildman–Crippen LogP) is 2.41. The van der Waals surface area contributed by atoms with Gasteiger partial charge in [-0.1, -0.05) is 12.7 Å². The van der Waals surface area contributed by atoms with E-state index in [1.54, 1.807) is 36.8 Å². The van der Waals surface area contributed by atoms with Crippen LogP contribution in [0.25, 0.3) is 0 Å². The molecule has 0 aliphatic carbocycles. The summed E-state index contributed by atoms with van der Waals surface area (Å²) in [4.78, 5) is 15.6. The monoisotopic (exact) mass is 281 g/mol. The van der Waals surface area contributed by atoms with Crippen LogP contribution in [0.3, 0.4) is 0 Å². The van der Waals surface area contributed by atoms with Crippen LogP contribution in [-0.4, -0.2) is 23.7 Å². The molecule has 5 nitrogen and oxygen atoms in total. The van der Waals surface area contributed by atoms with Crippen LogP contribution in [0.15, 0.2) is 66.5 Å². The molecule has 0 radical (unpaired) electrons. The SMILES string of the molecule is C=CCOc1ccc(/C=N\NC(=O)c2ccncc2)cc1. The Hall–Kier alpha value is -2.95. The summed E-state index contributed by atoms with van der Waals surface area (Å²) < 4.78 is 5.37. The highest BCUT2D eigenvalue weighted by Crippen LogP contribution is 2.10. The standard InChI is InChI=1S/C16H15N3O2/c1-2-11-21-15-5-3-13(4-6-15)12-18-19-16(20)14-7-9-17-10-8-14/h2-10,12H,1,11H2,(H,19,20)/b18-12-. The number of aromatic nitrogens is 1. The Morgan fingerprint density at radius 3 is 2.62 bits per heavy atom. The molecule has 2 rings (SSSR count).